The van der Waals surface area contributed by atoms with Crippen LogP contribution in [0.4, 0.5) is 0 Å². The number of hydrogen-bond donors (Lipinski definition) is 0. The minimum absolute atomic E-state index is 0.278. The van der Waals surface area contributed by atoms with E-state index < -0.39 is 0 Å². The first-order valence-electron chi connectivity index (χ1n) is 5.50. The molecular weight excluding hydrogens is 190 g/mol. The quantitative estimate of drug-likeness (QED) is 0.722. The number of thiazole rings is 1. The summed E-state index contributed by atoms with van der Waals surface area (Å²) in [6.07, 6.45) is 5.48. The molecule has 1 aliphatic carbocycles. The lowest BCUT2D eigenvalue weighted by Gasteiger charge is -2.26. The smallest absolute Gasteiger partial charge is 0.0797 e. The summed E-state index contributed by atoms with van der Waals surface area (Å²) in [4.78, 5) is 6.01. The summed E-state index contributed by atoms with van der Waals surface area (Å²) in [5, 5.41) is 0. The van der Waals surface area contributed by atoms with Crippen LogP contribution in [0.3, 0.4) is 0 Å². The Morgan fingerprint density at radius 1 is 1.43 bits per heavy atom. The van der Waals surface area contributed by atoms with Gasteiger partial charge < -0.3 is 0 Å². The molecule has 1 aromatic rings. The topological polar surface area (TPSA) is 12.9 Å². The Morgan fingerprint density at radius 2 is 2.14 bits per heavy atom. The zero-order valence-electron chi connectivity index (χ0n) is 9.34. The van der Waals surface area contributed by atoms with Gasteiger partial charge in [0.1, 0.15) is 0 Å². The first-order chi connectivity index (χ1) is 6.57. The van der Waals surface area contributed by atoms with E-state index in [9.17, 15) is 0 Å². The van der Waals surface area contributed by atoms with Gasteiger partial charge >= 0.3 is 0 Å². The van der Waals surface area contributed by atoms with Crippen LogP contribution >= 0.6 is 11.3 Å². The highest BCUT2D eigenvalue weighted by atomic mass is 32.1. The summed E-state index contributed by atoms with van der Waals surface area (Å²) in [5.41, 5.74) is 3.65. The minimum atomic E-state index is 0.278. The summed E-state index contributed by atoms with van der Waals surface area (Å²) < 4.78 is 0. The Balaban J connectivity index is 2.12. The van der Waals surface area contributed by atoms with Crippen molar-refractivity contribution >= 4 is 11.3 Å². The molecule has 78 valence electrons. The van der Waals surface area contributed by atoms with E-state index in [1.54, 1.807) is 0 Å². The second kappa shape index (κ2) is 3.65. The van der Waals surface area contributed by atoms with Crippen LogP contribution in [0.5, 0.6) is 0 Å². The summed E-state index contributed by atoms with van der Waals surface area (Å²) in [7, 11) is 0. The number of aromatic nitrogens is 1. The van der Waals surface area contributed by atoms with Gasteiger partial charge in [0.2, 0.25) is 0 Å². The molecule has 0 bridgehead atoms. The van der Waals surface area contributed by atoms with Crippen LogP contribution in [0.25, 0.3) is 0 Å². The van der Waals surface area contributed by atoms with Gasteiger partial charge in [0.15, 0.2) is 0 Å². The van der Waals surface area contributed by atoms with Gasteiger partial charge in [-0.2, -0.15) is 0 Å². The minimum Gasteiger partial charge on any atom is -0.249 e. The number of rotatable bonds is 2. The summed E-state index contributed by atoms with van der Waals surface area (Å²) in [6.45, 7) is 6.85. The van der Waals surface area contributed by atoms with Crippen molar-refractivity contribution in [1.82, 2.24) is 4.98 Å². The van der Waals surface area contributed by atoms with E-state index in [2.05, 4.69) is 25.8 Å². The predicted octanol–water partition coefficient (Wildman–Crippen LogP) is 3.78. The van der Waals surface area contributed by atoms with E-state index in [0.29, 0.717) is 0 Å². The van der Waals surface area contributed by atoms with Crippen LogP contribution < -0.4 is 0 Å². The summed E-state index contributed by atoms with van der Waals surface area (Å²) in [5.74, 6) is 0.929. The molecule has 0 aliphatic heterocycles. The average Bonchev–Trinajstić information content (AvgIpc) is 2.42. The molecule has 0 radical (unpaired) electrons. The van der Waals surface area contributed by atoms with Gasteiger partial charge in [-0.15, -0.1) is 11.3 Å². The van der Waals surface area contributed by atoms with Gasteiger partial charge in [0.05, 0.1) is 11.2 Å². The van der Waals surface area contributed by atoms with Gasteiger partial charge in [-0.1, -0.05) is 40.0 Å². The van der Waals surface area contributed by atoms with Gasteiger partial charge in [0, 0.05) is 4.88 Å². The Morgan fingerprint density at radius 3 is 2.64 bits per heavy atom. The van der Waals surface area contributed by atoms with Gasteiger partial charge in [-0.25, -0.2) is 4.98 Å². The Labute approximate surface area is 90.6 Å². The van der Waals surface area contributed by atoms with Crippen molar-refractivity contribution in [3.63, 3.8) is 0 Å². The van der Waals surface area contributed by atoms with Crippen LogP contribution in [-0.4, -0.2) is 4.98 Å². The summed E-state index contributed by atoms with van der Waals surface area (Å²) in [6, 6.07) is 0. The van der Waals surface area contributed by atoms with Crippen LogP contribution in [0, 0.1) is 5.92 Å². The molecule has 1 aliphatic rings. The normalized spacial score (nSPS) is 18.2. The van der Waals surface area contributed by atoms with Crippen molar-refractivity contribution in [3.8, 4) is 0 Å². The molecule has 2 heteroatoms. The molecule has 0 spiro atoms. The first-order valence-corrected chi connectivity index (χ1v) is 6.38. The molecule has 0 atom stereocenters. The molecular formula is C12H19NS. The van der Waals surface area contributed by atoms with E-state index in [4.69, 9.17) is 0 Å². The molecule has 0 saturated heterocycles. The molecule has 0 N–H and O–H groups in total. The Kier molecular flexibility index (Phi) is 2.65. The third-order valence-electron chi connectivity index (χ3n) is 3.03. The molecule has 1 nitrogen and oxygen atoms in total. The maximum Gasteiger partial charge on any atom is 0.0797 e. The molecule has 14 heavy (non-hydrogen) atoms. The fourth-order valence-corrected chi connectivity index (χ4v) is 2.91. The fraction of sp³-hybridized carbons (Fsp3) is 0.750. The van der Waals surface area contributed by atoms with Crippen molar-refractivity contribution in [2.45, 2.75) is 51.9 Å². The SMILES string of the molecule is CC(C)(C)c1scnc1CC1CCC1. The fourth-order valence-electron chi connectivity index (χ4n) is 1.99. The predicted molar refractivity (Wildman–Crippen MR) is 61.9 cm³/mol. The lowest BCUT2D eigenvalue weighted by Crippen LogP contribution is -2.18. The third kappa shape index (κ3) is 2.00. The van der Waals surface area contributed by atoms with Crippen LogP contribution in [0.15, 0.2) is 5.51 Å². The standard InChI is InChI=1S/C12H19NS/c1-12(2,3)11-10(13-8-14-11)7-9-5-4-6-9/h8-9H,4-7H2,1-3H3. The zero-order chi connectivity index (χ0) is 10.2. The van der Waals surface area contributed by atoms with Gasteiger partial charge in [-0.05, 0) is 17.8 Å². The van der Waals surface area contributed by atoms with Crippen LogP contribution in [-0.2, 0) is 11.8 Å². The van der Waals surface area contributed by atoms with E-state index in [1.807, 2.05) is 16.8 Å². The highest BCUT2D eigenvalue weighted by Crippen LogP contribution is 2.35. The highest BCUT2D eigenvalue weighted by molar-refractivity contribution is 7.09. The van der Waals surface area contributed by atoms with E-state index >= 15 is 0 Å². The number of hydrogen-bond acceptors (Lipinski definition) is 2. The molecule has 0 amide bonds. The van der Waals surface area contributed by atoms with Crippen molar-refractivity contribution in [2.75, 3.05) is 0 Å². The maximum atomic E-state index is 4.52. The lowest BCUT2D eigenvalue weighted by atomic mass is 9.80. The highest BCUT2D eigenvalue weighted by Gasteiger charge is 2.25. The Hall–Kier alpha value is -0.370. The van der Waals surface area contributed by atoms with E-state index in [-0.39, 0.29) is 5.41 Å². The maximum absolute atomic E-state index is 4.52. The summed E-state index contributed by atoms with van der Waals surface area (Å²) >= 11 is 1.82. The monoisotopic (exact) mass is 209 g/mol. The van der Waals surface area contributed by atoms with Crippen molar-refractivity contribution < 1.29 is 0 Å². The van der Waals surface area contributed by atoms with Crippen LogP contribution in [0.1, 0.15) is 50.6 Å². The van der Waals surface area contributed by atoms with Crippen molar-refractivity contribution in [3.05, 3.63) is 16.1 Å². The molecule has 1 saturated carbocycles. The van der Waals surface area contributed by atoms with Crippen LogP contribution in [0.2, 0.25) is 0 Å². The number of nitrogens with zero attached hydrogens (tertiary/aromatic N) is 1. The zero-order valence-corrected chi connectivity index (χ0v) is 10.2. The first kappa shape index (κ1) is 10.2. The molecule has 2 rings (SSSR count). The second-order valence-electron chi connectivity index (χ2n) is 5.38. The molecule has 0 unspecified atom stereocenters. The van der Waals surface area contributed by atoms with E-state index in [1.165, 1.54) is 36.3 Å². The van der Waals surface area contributed by atoms with Crippen molar-refractivity contribution in [2.24, 2.45) is 5.92 Å². The second-order valence-corrected chi connectivity index (χ2v) is 6.23. The molecule has 1 aromatic heterocycles. The third-order valence-corrected chi connectivity index (χ3v) is 4.32. The Bertz CT molecular complexity index is 304. The van der Waals surface area contributed by atoms with Gasteiger partial charge in [-0.3, -0.25) is 0 Å². The lowest BCUT2D eigenvalue weighted by molar-refractivity contribution is 0.311. The average molecular weight is 209 g/mol. The molecule has 1 heterocycles. The largest absolute Gasteiger partial charge is 0.249 e. The van der Waals surface area contributed by atoms with Gasteiger partial charge in [0.25, 0.3) is 0 Å². The van der Waals surface area contributed by atoms with E-state index in [0.717, 1.165) is 5.92 Å². The molecule has 0 aromatic carbocycles. The molecule has 1 fully saturated rings. The van der Waals surface area contributed by atoms with Crippen molar-refractivity contribution in [1.29, 1.82) is 0 Å².